The second-order valence-corrected chi connectivity index (χ2v) is 11.0. The number of carbonyl (C=O) groups excluding carboxylic acids is 2. The lowest BCUT2D eigenvalue weighted by molar-refractivity contribution is -0.150. The standard InChI is InChI=1S/C34H36FN3O4/c1-23(2)34(40)38-24(3)20-37(21-28-29(35)11-7-12-32(28)42-27-9-5-4-6-10-27)22-30(38)33(39)36-19-25-14-16-26(17-15-25)31-13-8-18-41-31/h4-18,23-24,30H,19-22H2,1-3H3,(H,36,39). The molecule has 0 spiro atoms. The fourth-order valence-electron chi connectivity index (χ4n) is 5.35. The largest absolute Gasteiger partial charge is 0.464 e. The van der Waals surface area contributed by atoms with Crippen LogP contribution in [0.4, 0.5) is 4.39 Å². The van der Waals surface area contributed by atoms with Gasteiger partial charge in [0.1, 0.15) is 29.1 Å². The summed E-state index contributed by atoms with van der Waals surface area (Å²) in [6.45, 7) is 6.92. The van der Waals surface area contributed by atoms with Crippen molar-refractivity contribution in [2.45, 2.75) is 45.9 Å². The molecule has 3 aromatic carbocycles. The highest BCUT2D eigenvalue weighted by molar-refractivity contribution is 5.89. The van der Waals surface area contributed by atoms with E-state index in [0.717, 1.165) is 16.9 Å². The number of rotatable bonds is 9. The van der Waals surface area contributed by atoms with Gasteiger partial charge in [0.2, 0.25) is 11.8 Å². The van der Waals surface area contributed by atoms with Crippen LogP contribution in [0.25, 0.3) is 11.3 Å². The summed E-state index contributed by atoms with van der Waals surface area (Å²) in [4.78, 5) is 30.6. The van der Waals surface area contributed by atoms with Crippen molar-refractivity contribution in [1.29, 1.82) is 0 Å². The van der Waals surface area contributed by atoms with Crippen LogP contribution < -0.4 is 10.1 Å². The van der Waals surface area contributed by atoms with Crippen LogP contribution in [0, 0.1) is 11.7 Å². The molecule has 2 heterocycles. The van der Waals surface area contributed by atoms with Gasteiger partial charge in [-0.05, 0) is 48.9 Å². The van der Waals surface area contributed by atoms with E-state index in [1.165, 1.54) is 6.07 Å². The number of hydrogen-bond acceptors (Lipinski definition) is 5. The van der Waals surface area contributed by atoms with Gasteiger partial charge in [-0.1, -0.05) is 62.4 Å². The highest BCUT2D eigenvalue weighted by Gasteiger charge is 2.40. The maximum absolute atomic E-state index is 15.1. The Morgan fingerprint density at radius 3 is 2.43 bits per heavy atom. The second kappa shape index (κ2) is 13.0. The average Bonchev–Trinajstić information content (AvgIpc) is 3.53. The molecule has 1 aliphatic rings. The van der Waals surface area contributed by atoms with Crippen molar-refractivity contribution in [3.05, 3.63) is 108 Å². The van der Waals surface area contributed by atoms with E-state index < -0.39 is 6.04 Å². The molecule has 218 valence electrons. The molecule has 2 amide bonds. The summed E-state index contributed by atoms with van der Waals surface area (Å²) in [5.41, 5.74) is 2.28. The highest BCUT2D eigenvalue weighted by Crippen LogP contribution is 2.30. The monoisotopic (exact) mass is 569 g/mol. The molecule has 1 fully saturated rings. The van der Waals surface area contributed by atoms with Crippen molar-refractivity contribution in [2.75, 3.05) is 13.1 Å². The van der Waals surface area contributed by atoms with Crippen molar-refractivity contribution in [3.8, 4) is 22.8 Å². The van der Waals surface area contributed by atoms with E-state index >= 15 is 4.39 Å². The molecule has 1 aliphatic heterocycles. The van der Waals surface area contributed by atoms with Crippen molar-refractivity contribution >= 4 is 11.8 Å². The molecule has 42 heavy (non-hydrogen) atoms. The Balaban J connectivity index is 1.32. The van der Waals surface area contributed by atoms with Crippen molar-refractivity contribution in [3.63, 3.8) is 0 Å². The quantitative estimate of drug-likeness (QED) is 0.258. The molecule has 2 atom stereocenters. The molecule has 1 saturated heterocycles. The minimum Gasteiger partial charge on any atom is -0.464 e. The van der Waals surface area contributed by atoms with Crippen molar-refractivity contribution in [1.82, 2.24) is 15.1 Å². The third-order valence-electron chi connectivity index (χ3n) is 7.47. The van der Waals surface area contributed by atoms with Gasteiger partial charge in [-0.25, -0.2) is 4.39 Å². The fourth-order valence-corrected chi connectivity index (χ4v) is 5.35. The Bertz CT molecular complexity index is 1490. The lowest BCUT2D eigenvalue weighted by Crippen LogP contribution is -2.64. The number of para-hydroxylation sites is 1. The van der Waals surface area contributed by atoms with Gasteiger partial charge in [-0.15, -0.1) is 0 Å². The molecule has 0 aliphatic carbocycles. The number of benzene rings is 3. The van der Waals surface area contributed by atoms with Gasteiger partial charge in [0.15, 0.2) is 0 Å². The maximum atomic E-state index is 15.1. The lowest BCUT2D eigenvalue weighted by atomic mass is 10.0. The number of halogens is 1. The van der Waals surface area contributed by atoms with Crippen molar-refractivity contribution in [2.24, 2.45) is 5.92 Å². The summed E-state index contributed by atoms with van der Waals surface area (Å²) in [7, 11) is 0. The van der Waals surface area contributed by atoms with Crippen molar-refractivity contribution < 1.29 is 23.1 Å². The Labute approximate surface area is 245 Å². The summed E-state index contributed by atoms with van der Waals surface area (Å²) < 4.78 is 26.6. The first kappa shape index (κ1) is 29.1. The number of furan rings is 1. The van der Waals surface area contributed by atoms with E-state index in [1.807, 2.05) is 92.4 Å². The molecule has 1 N–H and O–H groups in total. The molecule has 0 saturated carbocycles. The molecule has 7 nitrogen and oxygen atoms in total. The molecule has 0 bridgehead atoms. The third-order valence-corrected chi connectivity index (χ3v) is 7.47. The van der Waals surface area contributed by atoms with Gasteiger partial charge in [0, 0.05) is 49.3 Å². The molecule has 1 aromatic heterocycles. The summed E-state index contributed by atoms with van der Waals surface area (Å²) in [5.74, 6) is 0.843. The zero-order valence-corrected chi connectivity index (χ0v) is 24.1. The number of nitrogens with zero attached hydrogens (tertiary/aromatic N) is 2. The number of nitrogens with one attached hydrogen (secondary N) is 1. The second-order valence-electron chi connectivity index (χ2n) is 11.0. The third kappa shape index (κ3) is 6.71. The SMILES string of the molecule is CC(C)C(=O)N1C(C)CN(Cc2c(F)cccc2Oc2ccccc2)CC1C(=O)NCc1ccc(-c2ccco2)cc1. The van der Waals surface area contributed by atoms with E-state index in [-0.39, 0.29) is 42.7 Å². The molecule has 2 unspecified atom stereocenters. The first-order valence-electron chi connectivity index (χ1n) is 14.3. The van der Waals surface area contributed by atoms with Gasteiger partial charge < -0.3 is 19.4 Å². The highest BCUT2D eigenvalue weighted by atomic mass is 19.1. The fraction of sp³-hybridized carbons (Fsp3) is 0.294. The van der Waals surface area contributed by atoms with Gasteiger partial charge in [-0.2, -0.15) is 0 Å². The Morgan fingerprint density at radius 1 is 0.976 bits per heavy atom. The zero-order chi connectivity index (χ0) is 29.6. The van der Waals surface area contributed by atoms with Gasteiger partial charge >= 0.3 is 0 Å². The number of piperazine rings is 1. The minimum atomic E-state index is -0.726. The summed E-state index contributed by atoms with van der Waals surface area (Å²) in [5, 5.41) is 3.03. The Hall–Kier alpha value is -4.43. The number of carbonyl (C=O) groups is 2. The lowest BCUT2D eigenvalue weighted by Gasteiger charge is -2.45. The Morgan fingerprint density at radius 2 is 1.74 bits per heavy atom. The zero-order valence-electron chi connectivity index (χ0n) is 24.1. The van der Waals surface area contributed by atoms with E-state index in [9.17, 15) is 9.59 Å². The predicted octanol–water partition coefficient (Wildman–Crippen LogP) is 6.25. The molecule has 0 radical (unpaired) electrons. The molecule has 5 rings (SSSR count). The van der Waals surface area contributed by atoms with Crippen LogP contribution in [0.3, 0.4) is 0 Å². The normalized spacial score (nSPS) is 17.3. The van der Waals surface area contributed by atoms with E-state index in [1.54, 1.807) is 23.3 Å². The van der Waals surface area contributed by atoms with Crippen LogP contribution in [0.5, 0.6) is 11.5 Å². The summed E-state index contributed by atoms with van der Waals surface area (Å²) in [6.07, 6.45) is 1.63. The Kier molecular flexibility index (Phi) is 9.03. The van der Waals surface area contributed by atoms with Crippen LogP contribution in [-0.2, 0) is 22.7 Å². The smallest absolute Gasteiger partial charge is 0.244 e. The number of ether oxygens (including phenoxy) is 1. The summed E-state index contributed by atoms with van der Waals surface area (Å²) in [6, 6.07) is 24.6. The van der Waals surface area contributed by atoms with Crippen LogP contribution in [-0.4, -0.2) is 46.8 Å². The van der Waals surface area contributed by atoms with E-state index in [4.69, 9.17) is 9.15 Å². The minimum absolute atomic E-state index is 0.0795. The molecule has 4 aromatic rings. The van der Waals surface area contributed by atoms with Crippen LogP contribution >= 0.6 is 0 Å². The summed E-state index contributed by atoms with van der Waals surface area (Å²) >= 11 is 0. The van der Waals surface area contributed by atoms with Crippen LogP contribution in [0.2, 0.25) is 0 Å². The number of amides is 2. The average molecular weight is 570 g/mol. The van der Waals surface area contributed by atoms with Gasteiger partial charge in [0.25, 0.3) is 0 Å². The van der Waals surface area contributed by atoms with E-state index in [0.29, 0.717) is 30.2 Å². The molecule has 8 heteroatoms. The maximum Gasteiger partial charge on any atom is 0.244 e. The first-order chi connectivity index (χ1) is 20.3. The molecular weight excluding hydrogens is 533 g/mol. The van der Waals surface area contributed by atoms with Crippen LogP contribution in [0.1, 0.15) is 31.9 Å². The van der Waals surface area contributed by atoms with Gasteiger partial charge in [0.05, 0.1) is 6.26 Å². The molecular formula is C34H36FN3O4. The predicted molar refractivity (Wildman–Crippen MR) is 159 cm³/mol. The van der Waals surface area contributed by atoms with Crippen LogP contribution in [0.15, 0.2) is 95.6 Å². The van der Waals surface area contributed by atoms with Gasteiger partial charge in [-0.3, -0.25) is 14.5 Å². The number of hydrogen-bond donors (Lipinski definition) is 1. The van der Waals surface area contributed by atoms with E-state index in [2.05, 4.69) is 5.32 Å². The topological polar surface area (TPSA) is 75.0 Å². The first-order valence-corrected chi connectivity index (χ1v) is 14.3.